The molecule has 0 aliphatic rings. The van der Waals surface area contributed by atoms with Crippen molar-refractivity contribution < 1.29 is 24.1 Å². The van der Waals surface area contributed by atoms with E-state index in [4.69, 9.17) is 29.8 Å². The molecule has 0 aliphatic carbocycles. The number of carbonyl (C=O) groups excluding carboxylic acids is 1. The average Bonchev–Trinajstić information content (AvgIpc) is 1.88. The average molecular weight is 346 g/mol. The van der Waals surface area contributed by atoms with Crippen LogP contribution in [0.1, 0.15) is 0 Å². The Bertz CT molecular complexity index is 208. The summed E-state index contributed by atoms with van der Waals surface area (Å²) in [5, 5.41) is 0.231. The van der Waals surface area contributed by atoms with Crippen molar-refractivity contribution in [3.05, 3.63) is 22.2 Å². The van der Waals surface area contributed by atoms with E-state index in [2.05, 4.69) is 0 Å². The minimum atomic E-state index is -0.0718. The van der Waals surface area contributed by atoms with E-state index in [0.29, 0.717) is 11.3 Å². The number of allylic oxidation sites excluding steroid dienone is 3. The molecule has 0 aliphatic heterocycles. The van der Waals surface area contributed by atoms with Crippen LogP contribution in [0.3, 0.4) is 0 Å². The Kier molecular flexibility index (Phi) is 5.15. The quantitative estimate of drug-likeness (QED) is 0.328. The Balaban J connectivity index is 4.79. The first kappa shape index (κ1) is 10.3. The molecule has 0 rings (SSSR count). The van der Waals surface area contributed by atoms with Crippen LogP contribution < -0.4 is 0 Å². The number of rotatable bonds is 3. The first-order valence-electron chi connectivity index (χ1n) is 2.22. The molecule has 0 saturated carbocycles. The van der Waals surface area contributed by atoms with Gasteiger partial charge < -0.3 is 0 Å². The van der Waals surface area contributed by atoms with Gasteiger partial charge in [-0.2, -0.15) is 0 Å². The molecule has 0 aromatic carbocycles. The van der Waals surface area contributed by atoms with Crippen LogP contribution in [0, 0.1) is 6.58 Å². The van der Waals surface area contributed by atoms with Gasteiger partial charge in [-0.1, -0.05) is 0 Å². The number of hydrogen-bond donors (Lipinski definition) is 0. The second-order valence-corrected chi connectivity index (χ2v) is 3.01. The molecule has 0 spiro atoms. The third kappa shape index (κ3) is 2.92. The first-order chi connectivity index (χ1) is 4.63. The maximum atomic E-state index is 10.2. The fraction of sp³-hybridized carbons (Fsp3) is 0. The second kappa shape index (κ2) is 5.01. The van der Waals surface area contributed by atoms with E-state index in [0.717, 1.165) is 19.4 Å². The second-order valence-electron chi connectivity index (χ2n) is 1.35. The summed E-state index contributed by atoms with van der Waals surface area (Å²) in [4.78, 5) is 10.2. The van der Waals surface area contributed by atoms with Crippen molar-refractivity contribution >= 4 is 33.9 Å². The fourth-order valence-corrected chi connectivity index (χ4v) is 1.09. The van der Waals surface area contributed by atoms with E-state index in [1.165, 1.54) is 0 Å². The molecule has 0 bridgehead atoms. The third-order valence-electron chi connectivity index (χ3n) is 0.736. The van der Waals surface area contributed by atoms with Crippen molar-refractivity contribution in [1.82, 2.24) is 0 Å². The molecule has 0 N–H and O–H groups in total. The van der Waals surface area contributed by atoms with E-state index in [1.807, 2.05) is 0 Å². The normalized spacial score (nSPS) is 11.8. The van der Waals surface area contributed by atoms with E-state index >= 15 is 0 Å². The zero-order valence-corrected chi connectivity index (χ0v) is 9.25. The van der Waals surface area contributed by atoms with Crippen molar-refractivity contribution in [2.75, 3.05) is 0 Å². The zero-order valence-electron chi connectivity index (χ0n) is 4.80. The Morgan fingerprint density at radius 2 is 2.00 bits per heavy atom. The molecule has 0 atom stereocenters. The van der Waals surface area contributed by atoms with Crippen LogP contribution in [0.2, 0.25) is 0 Å². The first-order valence-corrected chi connectivity index (χ1v) is 4.66. The molecule has 54 valence electrons. The van der Waals surface area contributed by atoms with E-state index in [9.17, 15) is 4.79 Å². The maximum absolute atomic E-state index is 10.2. The summed E-state index contributed by atoms with van der Waals surface area (Å²) in [6, 6.07) is 0. The Morgan fingerprint density at radius 3 is 2.10 bits per heavy atom. The van der Waals surface area contributed by atoms with Gasteiger partial charge >= 0.3 is 80.3 Å². The number of aldehydes is 1. The molecule has 0 unspecified atom stereocenters. The molecule has 0 fully saturated rings. The molecule has 0 aromatic heterocycles. The number of halogens is 2. The van der Waals surface area contributed by atoms with Gasteiger partial charge in [-0.25, -0.2) is 0 Å². The van der Waals surface area contributed by atoms with Crippen LogP contribution in [0.5, 0.6) is 0 Å². The summed E-state index contributed by atoms with van der Waals surface area (Å²) >= 11 is 12.0. The van der Waals surface area contributed by atoms with Crippen molar-refractivity contribution in [2.24, 2.45) is 0 Å². The van der Waals surface area contributed by atoms with E-state index in [-0.39, 0.29) is 10.6 Å². The predicted octanol–water partition coefficient (Wildman–Crippen LogP) is 1.58. The fourth-order valence-electron chi connectivity index (χ4n) is 0.290. The molecular formula is C6H3Cl2OW-. The summed E-state index contributed by atoms with van der Waals surface area (Å²) in [5.74, 6) is 0. The molecule has 0 heterocycles. The van der Waals surface area contributed by atoms with Gasteiger partial charge in [0.1, 0.15) is 0 Å². The van der Waals surface area contributed by atoms with Gasteiger partial charge in [-0.15, -0.1) is 0 Å². The Hall–Kier alpha value is 0.288. The Morgan fingerprint density at radius 1 is 1.50 bits per heavy atom. The molecule has 0 amide bonds. The van der Waals surface area contributed by atoms with E-state index < -0.39 is 0 Å². The zero-order chi connectivity index (χ0) is 8.15. The van der Waals surface area contributed by atoms with Gasteiger partial charge in [0, 0.05) is 0 Å². The summed E-state index contributed by atoms with van der Waals surface area (Å²) in [5.41, 5.74) is 0.151. The van der Waals surface area contributed by atoms with Crippen LogP contribution >= 0.6 is 23.2 Å². The molecule has 0 radical (unpaired) electrons. The van der Waals surface area contributed by atoms with Gasteiger partial charge in [0.25, 0.3) is 0 Å². The predicted molar refractivity (Wildman–Crippen MR) is 38.7 cm³/mol. The number of carbonyl (C=O) groups is 1. The molecule has 10 heavy (non-hydrogen) atoms. The van der Waals surface area contributed by atoms with Crippen LogP contribution in [0.15, 0.2) is 15.6 Å². The summed E-state index contributed by atoms with van der Waals surface area (Å²) in [7, 11) is 0. The molecule has 1 nitrogen and oxygen atoms in total. The monoisotopic (exact) mass is 345 g/mol. The Labute approximate surface area is 80.1 Å². The van der Waals surface area contributed by atoms with Crippen LogP contribution in [-0.2, 0) is 24.1 Å². The topological polar surface area (TPSA) is 17.1 Å². The van der Waals surface area contributed by atoms with Gasteiger partial charge in [0.15, 0.2) is 0 Å². The summed E-state index contributed by atoms with van der Waals surface area (Å²) < 4.78 is 1.63. The van der Waals surface area contributed by atoms with Crippen molar-refractivity contribution in [3.63, 3.8) is 0 Å². The van der Waals surface area contributed by atoms with Crippen molar-refractivity contribution in [3.8, 4) is 0 Å². The molecular weight excluding hydrogens is 343 g/mol. The minimum absolute atomic E-state index is 0.0718. The standard InChI is InChI=1S/C6H3Cl2O.W/c1-4(7)6(3-9)5(2)8;/h1-3H;/q-1;/b6-4+;. The van der Waals surface area contributed by atoms with Crippen molar-refractivity contribution in [2.45, 2.75) is 0 Å². The van der Waals surface area contributed by atoms with E-state index in [1.54, 1.807) is 4.40 Å². The van der Waals surface area contributed by atoms with Gasteiger partial charge in [0.05, 0.1) is 0 Å². The van der Waals surface area contributed by atoms with Crippen LogP contribution in [0.4, 0.5) is 0 Å². The third-order valence-corrected chi connectivity index (χ3v) is 2.62. The summed E-state index contributed by atoms with van der Waals surface area (Å²) in [6.07, 6.45) is 0.532. The van der Waals surface area contributed by atoms with Crippen LogP contribution in [0.25, 0.3) is 0 Å². The summed E-state index contributed by atoms with van der Waals surface area (Å²) in [6.45, 7) is 5.12. The van der Waals surface area contributed by atoms with Gasteiger partial charge in [-0.05, 0) is 0 Å². The van der Waals surface area contributed by atoms with Gasteiger partial charge in [-0.3, -0.25) is 0 Å². The van der Waals surface area contributed by atoms with Crippen LogP contribution in [-0.4, -0.2) is 10.7 Å². The SMILES string of the molecule is [CH-]=C(Cl)/C(C=O)=C(/Cl)[CH]=[W]. The molecule has 0 saturated heterocycles. The molecule has 4 heteroatoms. The number of hydrogen-bond acceptors (Lipinski definition) is 1. The van der Waals surface area contributed by atoms with Gasteiger partial charge in [0.2, 0.25) is 0 Å². The molecule has 0 aromatic rings. The van der Waals surface area contributed by atoms with Crippen molar-refractivity contribution in [1.29, 1.82) is 0 Å².